The van der Waals surface area contributed by atoms with Gasteiger partial charge in [0, 0.05) is 13.6 Å². The van der Waals surface area contributed by atoms with Gasteiger partial charge in [-0.3, -0.25) is 10.2 Å². The summed E-state index contributed by atoms with van der Waals surface area (Å²) in [5.41, 5.74) is -0.573. The van der Waals surface area contributed by atoms with E-state index in [0.717, 1.165) is 12.8 Å². The van der Waals surface area contributed by atoms with Crippen molar-refractivity contribution < 1.29 is 19.4 Å². The Kier molecular flexibility index (Phi) is 6.06. The second-order valence-electron chi connectivity index (χ2n) is 7.43. The SMILES string of the molecule is C[C@@H](CO)NC(=O)Nc1nc([C@@H]2CCCN2C(=O)OC(C)(C)C)nn1C. The number of aliphatic hydroxyl groups is 1. The Bertz CT molecular complexity index is 654. The summed E-state index contributed by atoms with van der Waals surface area (Å²) < 4.78 is 6.90. The number of hydrogen-bond acceptors (Lipinski definition) is 6. The molecule has 0 bridgehead atoms. The molecule has 1 aromatic rings. The zero-order valence-corrected chi connectivity index (χ0v) is 15.9. The molecule has 1 aliphatic heterocycles. The van der Waals surface area contributed by atoms with Gasteiger partial charge in [-0.2, -0.15) is 10.1 Å². The average Bonchev–Trinajstić information content (AvgIpc) is 3.12. The van der Waals surface area contributed by atoms with Crippen LogP contribution in [-0.2, 0) is 11.8 Å². The lowest BCUT2D eigenvalue weighted by molar-refractivity contribution is 0.0218. The summed E-state index contributed by atoms with van der Waals surface area (Å²) in [6.45, 7) is 7.56. The highest BCUT2D eigenvalue weighted by Gasteiger charge is 2.36. The Morgan fingerprint density at radius 3 is 2.73 bits per heavy atom. The highest BCUT2D eigenvalue weighted by Crippen LogP contribution is 2.31. The molecule has 0 aromatic carbocycles. The molecule has 3 N–H and O–H groups in total. The van der Waals surface area contributed by atoms with Gasteiger partial charge in [-0.15, -0.1) is 0 Å². The second kappa shape index (κ2) is 7.90. The topological polar surface area (TPSA) is 122 Å². The Balaban J connectivity index is 2.09. The number of aliphatic hydroxyl groups excluding tert-OH is 1. The number of nitrogens with one attached hydrogen (secondary N) is 2. The molecular weight excluding hydrogens is 340 g/mol. The molecule has 0 spiro atoms. The van der Waals surface area contributed by atoms with E-state index in [0.29, 0.717) is 12.4 Å². The number of anilines is 1. The third kappa shape index (κ3) is 5.07. The molecule has 0 saturated carbocycles. The van der Waals surface area contributed by atoms with Crippen molar-refractivity contribution in [3.05, 3.63) is 5.82 Å². The molecule has 1 aromatic heterocycles. The largest absolute Gasteiger partial charge is 0.444 e. The second-order valence-corrected chi connectivity index (χ2v) is 7.43. The molecule has 146 valence electrons. The standard InChI is InChI=1S/C16H28N6O4/c1-10(9-23)17-14(24)19-13-18-12(20-21(13)5)11-7-6-8-22(11)15(25)26-16(2,3)4/h10-11,23H,6-9H2,1-5H3,(H2,17,18,19,20,24)/t10-,11-/m0/s1. The summed E-state index contributed by atoms with van der Waals surface area (Å²) in [6, 6.07) is -1.14. The van der Waals surface area contributed by atoms with Crippen molar-refractivity contribution in [1.82, 2.24) is 25.0 Å². The predicted octanol–water partition coefficient (Wildman–Crippen LogP) is 1.39. The van der Waals surface area contributed by atoms with E-state index in [1.165, 1.54) is 4.68 Å². The lowest BCUT2D eigenvalue weighted by Crippen LogP contribution is -2.38. The first-order valence-electron chi connectivity index (χ1n) is 8.69. The van der Waals surface area contributed by atoms with Crippen molar-refractivity contribution in [2.45, 2.75) is 58.2 Å². The number of aryl methyl sites for hydroxylation is 1. The maximum Gasteiger partial charge on any atom is 0.410 e. The van der Waals surface area contributed by atoms with Crippen LogP contribution in [0.1, 0.15) is 52.4 Å². The highest BCUT2D eigenvalue weighted by molar-refractivity contribution is 5.87. The van der Waals surface area contributed by atoms with Gasteiger partial charge in [-0.05, 0) is 40.5 Å². The molecule has 10 heteroatoms. The van der Waals surface area contributed by atoms with Crippen LogP contribution in [0.4, 0.5) is 15.5 Å². The molecule has 0 radical (unpaired) electrons. The van der Waals surface area contributed by atoms with E-state index >= 15 is 0 Å². The van der Waals surface area contributed by atoms with Crippen LogP contribution in [0.2, 0.25) is 0 Å². The molecule has 1 aliphatic rings. The number of amides is 3. The number of hydrogen-bond donors (Lipinski definition) is 3. The molecule has 0 unspecified atom stereocenters. The lowest BCUT2D eigenvalue weighted by atomic mass is 10.2. The number of rotatable bonds is 4. The Morgan fingerprint density at radius 2 is 2.12 bits per heavy atom. The Hall–Kier alpha value is -2.36. The third-order valence-corrected chi connectivity index (χ3v) is 3.83. The molecule has 1 saturated heterocycles. The number of ether oxygens (including phenoxy) is 1. The summed E-state index contributed by atoms with van der Waals surface area (Å²) >= 11 is 0. The van der Waals surface area contributed by atoms with Crippen LogP contribution >= 0.6 is 0 Å². The van der Waals surface area contributed by atoms with Crippen molar-refractivity contribution in [3.8, 4) is 0 Å². The van der Waals surface area contributed by atoms with E-state index in [4.69, 9.17) is 9.84 Å². The number of urea groups is 1. The smallest absolute Gasteiger partial charge is 0.410 e. The third-order valence-electron chi connectivity index (χ3n) is 3.83. The van der Waals surface area contributed by atoms with Gasteiger partial charge >= 0.3 is 12.1 Å². The van der Waals surface area contributed by atoms with Gasteiger partial charge in [0.2, 0.25) is 5.95 Å². The van der Waals surface area contributed by atoms with Gasteiger partial charge in [-0.1, -0.05) is 0 Å². The number of carbonyl (C=O) groups excluding carboxylic acids is 2. The van der Waals surface area contributed by atoms with Gasteiger partial charge in [0.05, 0.1) is 18.7 Å². The maximum atomic E-state index is 12.4. The molecular formula is C16H28N6O4. The minimum absolute atomic E-state index is 0.162. The fourth-order valence-electron chi connectivity index (χ4n) is 2.64. The number of aromatic nitrogens is 3. The van der Waals surface area contributed by atoms with Gasteiger partial charge in [0.25, 0.3) is 0 Å². The van der Waals surface area contributed by atoms with Crippen LogP contribution in [0.3, 0.4) is 0 Å². The summed E-state index contributed by atoms with van der Waals surface area (Å²) in [7, 11) is 1.66. The summed E-state index contributed by atoms with van der Waals surface area (Å²) in [4.78, 5) is 30.3. The minimum atomic E-state index is -0.573. The van der Waals surface area contributed by atoms with E-state index in [9.17, 15) is 9.59 Å². The van der Waals surface area contributed by atoms with Crippen LogP contribution in [0.15, 0.2) is 0 Å². The van der Waals surface area contributed by atoms with E-state index < -0.39 is 17.7 Å². The average molecular weight is 368 g/mol. The van der Waals surface area contributed by atoms with Crippen molar-refractivity contribution in [2.75, 3.05) is 18.5 Å². The fourth-order valence-corrected chi connectivity index (χ4v) is 2.64. The summed E-state index contributed by atoms with van der Waals surface area (Å²) in [5, 5.41) is 18.5. The predicted molar refractivity (Wildman–Crippen MR) is 94.6 cm³/mol. The molecule has 1 fully saturated rings. The van der Waals surface area contributed by atoms with Gasteiger partial charge in [0.15, 0.2) is 5.82 Å². The van der Waals surface area contributed by atoms with Crippen LogP contribution in [0.25, 0.3) is 0 Å². The Morgan fingerprint density at radius 1 is 1.42 bits per heavy atom. The molecule has 26 heavy (non-hydrogen) atoms. The quantitative estimate of drug-likeness (QED) is 0.738. The molecule has 0 aliphatic carbocycles. The van der Waals surface area contributed by atoms with Crippen molar-refractivity contribution in [2.24, 2.45) is 7.05 Å². The molecule has 2 atom stereocenters. The van der Waals surface area contributed by atoms with Crippen molar-refractivity contribution in [3.63, 3.8) is 0 Å². The lowest BCUT2D eigenvalue weighted by Gasteiger charge is -2.27. The molecule has 2 heterocycles. The summed E-state index contributed by atoms with van der Waals surface area (Å²) in [5.74, 6) is 0.722. The van der Waals surface area contributed by atoms with E-state index in [2.05, 4.69) is 20.7 Å². The van der Waals surface area contributed by atoms with Crippen molar-refractivity contribution in [1.29, 1.82) is 0 Å². The van der Waals surface area contributed by atoms with Crippen LogP contribution < -0.4 is 10.6 Å². The van der Waals surface area contributed by atoms with Crippen LogP contribution in [0, 0.1) is 0 Å². The first-order valence-corrected chi connectivity index (χ1v) is 8.69. The first kappa shape index (κ1) is 20.0. The minimum Gasteiger partial charge on any atom is -0.444 e. The van der Waals surface area contributed by atoms with Gasteiger partial charge < -0.3 is 15.2 Å². The number of nitrogens with zero attached hydrogens (tertiary/aromatic N) is 4. The first-order chi connectivity index (χ1) is 12.1. The van der Waals surface area contributed by atoms with Crippen molar-refractivity contribution >= 4 is 18.1 Å². The highest BCUT2D eigenvalue weighted by atomic mass is 16.6. The van der Waals surface area contributed by atoms with E-state index in [1.54, 1.807) is 18.9 Å². The normalized spacial score (nSPS) is 18.5. The Labute approximate surface area is 152 Å². The monoisotopic (exact) mass is 368 g/mol. The maximum absolute atomic E-state index is 12.4. The number of carbonyl (C=O) groups is 2. The zero-order chi connectivity index (χ0) is 19.5. The number of likely N-dealkylation sites (tertiary alicyclic amines) is 1. The van der Waals surface area contributed by atoms with Crippen LogP contribution in [-0.4, -0.2) is 61.7 Å². The molecule has 2 rings (SSSR count). The van der Waals surface area contributed by atoms with E-state index in [-0.39, 0.29) is 24.6 Å². The fraction of sp³-hybridized carbons (Fsp3) is 0.750. The zero-order valence-electron chi connectivity index (χ0n) is 15.9. The molecule has 10 nitrogen and oxygen atoms in total. The van der Waals surface area contributed by atoms with E-state index in [1.807, 2.05) is 20.8 Å². The van der Waals surface area contributed by atoms with Crippen LogP contribution in [0.5, 0.6) is 0 Å². The van der Waals surface area contributed by atoms with Gasteiger partial charge in [0.1, 0.15) is 5.60 Å². The van der Waals surface area contributed by atoms with Gasteiger partial charge in [-0.25, -0.2) is 14.3 Å². The molecule has 3 amide bonds. The summed E-state index contributed by atoms with van der Waals surface area (Å²) in [6.07, 6.45) is 1.17.